The Hall–Kier alpha value is -1.59. The molecule has 1 aliphatic heterocycles. The van der Waals surface area contributed by atoms with E-state index in [9.17, 15) is 14.4 Å². The summed E-state index contributed by atoms with van der Waals surface area (Å²) >= 11 is 0. The Morgan fingerprint density at radius 3 is 2.62 bits per heavy atom. The van der Waals surface area contributed by atoms with Crippen LogP contribution < -0.4 is 5.32 Å². The van der Waals surface area contributed by atoms with Gasteiger partial charge in [-0.05, 0) is 19.3 Å². The summed E-state index contributed by atoms with van der Waals surface area (Å²) in [5.41, 5.74) is 0. The molecular weight excluding hydrogens is 212 g/mol. The average molecular weight is 228 g/mol. The third kappa shape index (κ3) is 3.22. The van der Waals surface area contributed by atoms with E-state index < -0.39 is 12.0 Å². The number of hydrogen-bond acceptors (Lipinski definition) is 3. The normalized spacial score (nSPS) is 20.3. The first-order chi connectivity index (χ1) is 7.52. The monoisotopic (exact) mass is 228 g/mol. The van der Waals surface area contributed by atoms with Crippen molar-refractivity contribution < 1.29 is 19.5 Å². The topological polar surface area (TPSA) is 86.7 Å². The highest BCUT2D eigenvalue weighted by molar-refractivity contribution is 5.87. The van der Waals surface area contributed by atoms with Crippen LogP contribution >= 0.6 is 0 Å². The van der Waals surface area contributed by atoms with Crippen LogP contribution in [0.4, 0.5) is 0 Å². The Morgan fingerprint density at radius 1 is 1.38 bits per heavy atom. The van der Waals surface area contributed by atoms with Crippen LogP contribution in [-0.4, -0.2) is 46.9 Å². The molecule has 0 bridgehead atoms. The van der Waals surface area contributed by atoms with Crippen LogP contribution in [0.1, 0.15) is 26.2 Å². The number of rotatable bonds is 3. The van der Waals surface area contributed by atoms with Crippen molar-refractivity contribution in [1.82, 2.24) is 10.2 Å². The second kappa shape index (κ2) is 5.48. The minimum atomic E-state index is -0.976. The minimum absolute atomic E-state index is 0.126. The molecule has 0 aliphatic carbocycles. The predicted molar refractivity (Wildman–Crippen MR) is 55.7 cm³/mol. The Labute approximate surface area is 93.6 Å². The largest absolute Gasteiger partial charge is 0.480 e. The van der Waals surface area contributed by atoms with Crippen molar-refractivity contribution in [3.8, 4) is 0 Å². The average Bonchev–Trinajstić information content (AvgIpc) is 2.25. The summed E-state index contributed by atoms with van der Waals surface area (Å²) in [6, 6.07) is -0.741. The van der Waals surface area contributed by atoms with Gasteiger partial charge >= 0.3 is 5.97 Å². The molecule has 1 saturated heterocycles. The van der Waals surface area contributed by atoms with Crippen molar-refractivity contribution in [2.75, 3.05) is 13.1 Å². The smallest absolute Gasteiger partial charge is 0.326 e. The SMILES string of the molecule is CC(=O)NCC(=O)N1CCCC[C@H]1C(=O)O. The van der Waals surface area contributed by atoms with Crippen LogP contribution in [0.2, 0.25) is 0 Å². The molecule has 16 heavy (non-hydrogen) atoms. The van der Waals surface area contributed by atoms with Crippen molar-refractivity contribution in [1.29, 1.82) is 0 Å². The third-order valence-corrected chi connectivity index (χ3v) is 2.60. The van der Waals surface area contributed by atoms with Crippen molar-refractivity contribution >= 4 is 17.8 Å². The number of carboxylic acid groups (broad SMARTS) is 1. The number of aliphatic carboxylic acids is 1. The molecule has 0 aromatic rings. The Morgan fingerprint density at radius 2 is 2.06 bits per heavy atom. The molecule has 0 radical (unpaired) electrons. The van der Waals surface area contributed by atoms with Gasteiger partial charge in [0, 0.05) is 13.5 Å². The number of nitrogens with one attached hydrogen (secondary N) is 1. The second-order valence-electron chi connectivity index (χ2n) is 3.85. The molecule has 1 atom stereocenters. The van der Waals surface area contributed by atoms with E-state index in [-0.39, 0.29) is 18.4 Å². The lowest BCUT2D eigenvalue weighted by atomic mass is 10.0. The van der Waals surface area contributed by atoms with Gasteiger partial charge in [0.05, 0.1) is 6.54 Å². The van der Waals surface area contributed by atoms with Crippen LogP contribution in [0.15, 0.2) is 0 Å². The van der Waals surface area contributed by atoms with Gasteiger partial charge in [0.1, 0.15) is 6.04 Å². The van der Waals surface area contributed by atoms with E-state index in [1.165, 1.54) is 11.8 Å². The summed E-state index contributed by atoms with van der Waals surface area (Å²) < 4.78 is 0. The Balaban J connectivity index is 2.57. The number of piperidine rings is 1. The summed E-state index contributed by atoms with van der Waals surface area (Å²) in [7, 11) is 0. The fourth-order valence-electron chi connectivity index (χ4n) is 1.79. The van der Waals surface area contributed by atoms with Gasteiger partial charge in [0.15, 0.2) is 0 Å². The number of nitrogens with zero attached hydrogens (tertiary/aromatic N) is 1. The maximum Gasteiger partial charge on any atom is 0.326 e. The molecule has 0 saturated carbocycles. The van der Waals surface area contributed by atoms with Crippen LogP contribution in [0.5, 0.6) is 0 Å². The second-order valence-corrected chi connectivity index (χ2v) is 3.85. The highest BCUT2D eigenvalue weighted by Crippen LogP contribution is 2.16. The predicted octanol–water partition coefficient (Wildman–Crippen LogP) is -0.412. The molecule has 0 unspecified atom stereocenters. The van der Waals surface area contributed by atoms with E-state index in [0.717, 1.165) is 12.8 Å². The number of carbonyl (C=O) groups excluding carboxylic acids is 2. The van der Waals surface area contributed by atoms with E-state index in [0.29, 0.717) is 13.0 Å². The zero-order valence-corrected chi connectivity index (χ0v) is 9.23. The molecule has 0 spiro atoms. The van der Waals surface area contributed by atoms with E-state index in [2.05, 4.69) is 5.32 Å². The lowest BCUT2D eigenvalue weighted by Gasteiger charge is -2.32. The van der Waals surface area contributed by atoms with Crippen LogP contribution in [0.3, 0.4) is 0 Å². The summed E-state index contributed by atoms with van der Waals surface area (Å²) in [6.07, 6.45) is 2.12. The first-order valence-corrected chi connectivity index (χ1v) is 5.29. The maximum absolute atomic E-state index is 11.7. The fraction of sp³-hybridized carbons (Fsp3) is 0.700. The lowest BCUT2D eigenvalue weighted by Crippen LogP contribution is -2.51. The fourth-order valence-corrected chi connectivity index (χ4v) is 1.79. The van der Waals surface area contributed by atoms with Crippen LogP contribution in [-0.2, 0) is 14.4 Å². The van der Waals surface area contributed by atoms with E-state index >= 15 is 0 Å². The number of hydrogen-bond donors (Lipinski definition) is 2. The molecule has 1 aliphatic rings. The summed E-state index contributed by atoms with van der Waals surface area (Å²) in [5, 5.41) is 11.3. The number of likely N-dealkylation sites (tertiary alicyclic amines) is 1. The van der Waals surface area contributed by atoms with Crippen LogP contribution in [0, 0.1) is 0 Å². The highest BCUT2D eigenvalue weighted by atomic mass is 16.4. The molecule has 6 nitrogen and oxygen atoms in total. The molecule has 0 aromatic carbocycles. The number of carbonyl (C=O) groups is 3. The minimum Gasteiger partial charge on any atom is -0.480 e. The van der Waals surface area contributed by atoms with E-state index in [1.807, 2.05) is 0 Å². The number of amides is 2. The zero-order valence-electron chi connectivity index (χ0n) is 9.23. The van der Waals surface area contributed by atoms with Gasteiger partial charge in [-0.25, -0.2) is 4.79 Å². The summed E-state index contributed by atoms with van der Waals surface area (Å²) in [5.74, 6) is -1.60. The molecule has 6 heteroatoms. The first-order valence-electron chi connectivity index (χ1n) is 5.29. The maximum atomic E-state index is 11.7. The molecule has 1 fully saturated rings. The summed E-state index contributed by atoms with van der Waals surface area (Å²) in [4.78, 5) is 34.6. The Bertz CT molecular complexity index is 303. The zero-order chi connectivity index (χ0) is 12.1. The Kier molecular flexibility index (Phi) is 4.28. The van der Waals surface area contributed by atoms with Gasteiger partial charge < -0.3 is 15.3 Å². The number of carboxylic acids is 1. The van der Waals surface area contributed by atoms with Gasteiger partial charge in [0.25, 0.3) is 0 Å². The molecule has 2 N–H and O–H groups in total. The van der Waals surface area contributed by atoms with Crippen molar-refractivity contribution in [3.63, 3.8) is 0 Å². The van der Waals surface area contributed by atoms with E-state index in [4.69, 9.17) is 5.11 Å². The van der Waals surface area contributed by atoms with Crippen LogP contribution in [0.25, 0.3) is 0 Å². The molecular formula is C10H16N2O4. The quantitative estimate of drug-likeness (QED) is 0.687. The summed E-state index contributed by atoms with van der Waals surface area (Å²) in [6.45, 7) is 1.65. The van der Waals surface area contributed by atoms with Crippen molar-refractivity contribution in [3.05, 3.63) is 0 Å². The van der Waals surface area contributed by atoms with Gasteiger partial charge in [-0.3, -0.25) is 9.59 Å². The highest BCUT2D eigenvalue weighted by Gasteiger charge is 2.31. The third-order valence-electron chi connectivity index (χ3n) is 2.60. The van der Waals surface area contributed by atoms with Gasteiger partial charge in [-0.15, -0.1) is 0 Å². The van der Waals surface area contributed by atoms with Gasteiger partial charge in [-0.2, -0.15) is 0 Å². The molecule has 90 valence electrons. The lowest BCUT2D eigenvalue weighted by molar-refractivity contribution is -0.151. The van der Waals surface area contributed by atoms with Crippen molar-refractivity contribution in [2.45, 2.75) is 32.2 Å². The van der Waals surface area contributed by atoms with Gasteiger partial charge in [0.2, 0.25) is 11.8 Å². The molecule has 2 amide bonds. The standard InChI is InChI=1S/C10H16N2O4/c1-7(13)11-6-9(14)12-5-3-2-4-8(12)10(15)16/h8H,2-6H2,1H3,(H,11,13)(H,15,16)/t8-/m0/s1. The molecule has 0 aromatic heterocycles. The van der Waals surface area contributed by atoms with E-state index in [1.54, 1.807) is 0 Å². The molecule has 1 rings (SSSR count). The van der Waals surface area contributed by atoms with Crippen molar-refractivity contribution in [2.24, 2.45) is 0 Å². The first kappa shape index (κ1) is 12.5. The van der Waals surface area contributed by atoms with Gasteiger partial charge in [-0.1, -0.05) is 0 Å². The molecule has 1 heterocycles.